The summed E-state index contributed by atoms with van der Waals surface area (Å²) in [5.74, 6) is 0.387. The fourth-order valence-corrected chi connectivity index (χ4v) is 2.90. The quantitative estimate of drug-likeness (QED) is 0.852. The van der Waals surface area contributed by atoms with Crippen LogP contribution in [0.4, 0.5) is 4.79 Å². The van der Waals surface area contributed by atoms with Crippen molar-refractivity contribution in [2.75, 3.05) is 12.3 Å². The molecule has 2 rings (SSSR count). The Balaban J connectivity index is 1.67. The lowest BCUT2D eigenvalue weighted by Gasteiger charge is -2.08. The van der Waals surface area contributed by atoms with Gasteiger partial charge in [0.2, 0.25) is 0 Å². The molecule has 2 N–H and O–H groups in total. The van der Waals surface area contributed by atoms with Crippen molar-refractivity contribution in [3.05, 3.63) is 65.2 Å². The highest BCUT2D eigenvalue weighted by Gasteiger charge is 2.04. The third-order valence-electron chi connectivity index (χ3n) is 2.95. The van der Waals surface area contributed by atoms with E-state index in [9.17, 15) is 9.00 Å². The lowest BCUT2D eigenvalue weighted by atomic mass is 10.2. The zero-order valence-electron chi connectivity index (χ0n) is 11.9. The first kappa shape index (κ1) is 16.5. The zero-order valence-corrected chi connectivity index (χ0v) is 13.5. The second-order valence-electron chi connectivity index (χ2n) is 4.60. The van der Waals surface area contributed by atoms with Crippen molar-refractivity contribution in [3.63, 3.8) is 0 Å². The van der Waals surface area contributed by atoms with Crippen molar-refractivity contribution in [2.45, 2.75) is 11.4 Å². The molecule has 0 aliphatic heterocycles. The summed E-state index contributed by atoms with van der Waals surface area (Å²) >= 11 is 5.79. The summed E-state index contributed by atoms with van der Waals surface area (Å²) in [5.41, 5.74) is 0.965. The van der Waals surface area contributed by atoms with E-state index < -0.39 is 10.8 Å². The fraction of sp³-hybridized carbons (Fsp3) is 0.188. The van der Waals surface area contributed by atoms with Gasteiger partial charge in [-0.05, 0) is 29.8 Å². The van der Waals surface area contributed by atoms with Crippen molar-refractivity contribution in [1.29, 1.82) is 0 Å². The third kappa shape index (κ3) is 5.50. The van der Waals surface area contributed by atoms with E-state index in [1.807, 2.05) is 42.5 Å². The maximum atomic E-state index is 12.0. The minimum atomic E-state index is -1.10. The molecule has 22 heavy (non-hydrogen) atoms. The van der Waals surface area contributed by atoms with Gasteiger partial charge in [0.1, 0.15) is 0 Å². The molecule has 0 spiro atoms. The van der Waals surface area contributed by atoms with Crippen LogP contribution in [0.2, 0.25) is 5.02 Å². The highest BCUT2D eigenvalue weighted by molar-refractivity contribution is 7.85. The average Bonchev–Trinajstić information content (AvgIpc) is 2.55. The van der Waals surface area contributed by atoms with Crippen LogP contribution in [0.25, 0.3) is 0 Å². The Hall–Kier alpha value is -1.85. The van der Waals surface area contributed by atoms with E-state index in [0.717, 1.165) is 10.5 Å². The second-order valence-corrected chi connectivity index (χ2v) is 6.61. The largest absolute Gasteiger partial charge is 0.337 e. The number of hydrogen-bond acceptors (Lipinski definition) is 2. The number of carbonyl (C=O) groups excluding carboxylic acids is 1. The van der Waals surface area contributed by atoms with Crippen molar-refractivity contribution in [1.82, 2.24) is 10.6 Å². The lowest BCUT2D eigenvalue weighted by Crippen LogP contribution is -2.37. The molecule has 2 aromatic rings. The number of carbonyl (C=O) groups is 1. The van der Waals surface area contributed by atoms with Crippen LogP contribution in [0.1, 0.15) is 5.56 Å². The van der Waals surface area contributed by atoms with Crippen LogP contribution in [0.15, 0.2) is 59.5 Å². The monoisotopic (exact) mass is 336 g/mol. The molecule has 2 amide bonds. The van der Waals surface area contributed by atoms with Gasteiger partial charge in [0.15, 0.2) is 0 Å². The standard InChI is InChI=1S/C16H17ClN2O2S/c17-14-8-6-13(7-9-14)12-19-16(20)18-10-11-22(21)15-4-2-1-3-5-15/h1-9H,10-12H2,(H2,18,19,20). The molecule has 0 saturated heterocycles. The van der Waals surface area contributed by atoms with E-state index >= 15 is 0 Å². The van der Waals surface area contributed by atoms with E-state index in [1.54, 1.807) is 12.1 Å². The fourth-order valence-electron chi connectivity index (χ4n) is 1.79. The van der Waals surface area contributed by atoms with Gasteiger partial charge in [-0.15, -0.1) is 0 Å². The van der Waals surface area contributed by atoms with Gasteiger partial charge in [-0.25, -0.2) is 4.79 Å². The van der Waals surface area contributed by atoms with Crippen molar-refractivity contribution in [3.8, 4) is 0 Å². The van der Waals surface area contributed by atoms with Crippen molar-refractivity contribution < 1.29 is 9.00 Å². The summed E-state index contributed by atoms with van der Waals surface area (Å²) in [6.07, 6.45) is 0. The molecule has 4 nitrogen and oxygen atoms in total. The lowest BCUT2D eigenvalue weighted by molar-refractivity contribution is 0.241. The average molecular weight is 337 g/mol. The normalized spacial score (nSPS) is 11.7. The Kier molecular flexibility index (Phi) is 6.43. The molecule has 0 radical (unpaired) electrons. The molecule has 0 bridgehead atoms. The number of benzene rings is 2. The van der Waals surface area contributed by atoms with E-state index in [4.69, 9.17) is 11.6 Å². The molecular weight excluding hydrogens is 320 g/mol. The first-order chi connectivity index (χ1) is 10.6. The van der Waals surface area contributed by atoms with Crippen LogP contribution in [-0.4, -0.2) is 22.5 Å². The van der Waals surface area contributed by atoms with E-state index in [-0.39, 0.29) is 6.03 Å². The SMILES string of the molecule is O=C(NCCS(=O)c1ccccc1)NCc1ccc(Cl)cc1. The predicted molar refractivity (Wildman–Crippen MR) is 89.4 cm³/mol. The highest BCUT2D eigenvalue weighted by atomic mass is 35.5. The molecule has 1 atom stereocenters. The van der Waals surface area contributed by atoms with Crippen molar-refractivity contribution in [2.24, 2.45) is 0 Å². The Morgan fingerprint density at radius 2 is 1.68 bits per heavy atom. The molecule has 2 aromatic carbocycles. The number of halogens is 1. The van der Waals surface area contributed by atoms with Crippen LogP contribution in [0, 0.1) is 0 Å². The molecule has 6 heteroatoms. The Labute approximate surface area is 137 Å². The summed E-state index contributed by atoms with van der Waals surface area (Å²) in [5, 5.41) is 6.10. The van der Waals surface area contributed by atoms with Crippen LogP contribution < -0.4 is 10.6 Å². The third-order valence-corrected chi connectivity index (χ3v) is 4.57. The van der Waals surface area contributed by atoms with Crippen LogP contribution >= 0.6 is 11.6 Å². The topological polar surface area (TPSA) is 58.2 Å². The maximum absolute atomic E-state index is 12.0. The highest BCUT2D eigenvalue weighted by Crippen LogP contribution is 2.09. The molecule has 1 unspecified atom stereocenters. The number of rotatable bonds is 6. The van der Waals surface area contributed by atoms with Crippen LogP contribution in [0.3, 0.4) is 0 Å². The van der Waals surface area contributed by atoms with E-state index in [1.165, 1.54) is 0 Å². The van der Waals surface area contributed by atoms with E-state index in [0.29, 0.717) is 23.9 Å². The minimum Gasteiger partial charge on any atom is -0.337 e. The number of hydrogen-bond donors (Lipinski definition) is 2. The maximum Gasteiger partial charge on any atom is 0.315 e. The summed E-state index contributed by atoms with van der Waals surface area (Å²) in [6.45, 7) is 0.777. The molecule has 0 aromatic heterocycles. The van der Waals surface area contributed by atoms with Gasteiger partial charge in [0.25, 0.3) is 0 Å². The first-order valence-electron chi connectivity index (χ1n) is 6.85. The van der Waals surface area contributed by atoms with E-state index in [2.05, 4.69) is 10.6 Å². The second kappa shape index (κ2) is 8.56. The molecule has 0 heterocycles. The summed E-state index contributed by atoms with van der Waals surface area (Å²) < 4.78 is 12.0. The molecule has 0 aliphatic carbocycles. The van der Waals surface area contributed by atoms with Crippen LogP contribution in [0.5, 0.6) is 0 Å². The molecular formula is C16H17ClN2O2S. The predicted octanol–water partition coefficient (Wildman–Crippen LogP) is 2.95. The van der Waals surface area contributed by atoms with Gasteiger partial charge in [0.05, 0.1) is 10.8 Å². The van der Waals surface area contributed by atoms with Gasteiger partial charge >= 0.3 is 6.03 Å². The van der Waals surface area contributed by atoms with Crippen molar-refractivity contribution >= 4 is 28.4 Å². The number of urea groups is 1. The Bertz CT molecular complexity index is 632. The summed E-state index contributed by atoms with van der Waals surface area (Å²) in [4.78, 5) is 12.4. The van der Waals surface area contributed by atoms with Crippen LogP contribution in [-0.2, 0) is 17.3 Å². The first-order valence-corrected chi connectivity index (χ1v) is 8.54. The van der Waals surface area contributed by atoms with Gasteiger partial charge < -0.3 is 10.6 Å². The smallest absolute Gasteiger partial charge is 0.315 e. The van der Waals surface area contributed by atoms with Gasteiger partial charge in [0, 0.05) is 28.8 Å². The van der Waals surface area contributed by atoms with Gasteiger partial charge in [-0.2, -0.15) is 0 Å². The summed E-state index contributed by atoms with van der Waals surface area (Å²) in [7, 11) is -1.10. The molecule has 0 fully saturated rings. The minimum absolute atomic E-state index is 0.278. The van der Waals surface area contributed by atoms with Gasteiger partial charge in [-0.3, -0.25) is 4.21 Å². The zero-order chi connectivity index (χ0) is 15.8. The molecule has 116 valence electrons. The molecule has 0 saturated carbocycles. The number of nitrogens with one attached hydrogen (secondary N) is 2. The van der Waals surface area contributed by atoms with Gasteiger partial charge in [-0.1, -0.05) is 41.9 Å². The number of amides is 2. The summed E-state index contributed by atoms with van der Waals surface area (Å²) in [6, 6.07) is 16.2. The Morgan fingerprint density at radius 3 is 2.36 bits per heavy atom. The molecule has 0 aliphatic rings. The Morgan fingerprint density at radius 1 is 1.00 bits per heavy atom.